The van der Waals surface area contributed by atoms with E-state index in [1.165, 1.54) is 21.8 Å². The standard InChI is InChI=1S/C21H24N4OS/c1-17(20(26)23-21-19(16-22)9-15-27-21)25-13-11-24(12-14-25)10-5-8-18-6-3-2-4-7-18/h2-9,15,17H,10-14H2,1H3,(H,23,26)/p+2/b8-5+/t17-/m1/s1. The van der Waals surface area contributed by atoms with Gasteiger partial charge in [0, 0.05) is 0 Å². The molecule has 0 radical (unpaired) electrons. The molecular formula is C21H26N4OS+2. The molecule has 2 heterocycles. The molecule has 1 aliphatic heterocycles. The van der Waals surface area contributed by atoms with Crippen LogP contribution in [0.4, 0.5) is 5.00 Å². The third kappa shape index (κ3) is 5.27. The average Bonchev–Trinajstić information content (AvgIpc) is 3.16. The fourth-order valence-electron chi connectivity index (χ4n) is 3.39. The summed E-state index contributed by atoms with van der Waals surface area (Å²) >= 11 is 1.40. The molecule has 0 bridgehead atoms. The van der Waals surface area contributed by atoms with E-state index < -0.39 is 0 Å². The number of rotatable bonds is 6. The van der Waals surface area contributed by atoms with E-state index in [4.69, 9.17) is 5.26 Å². The van der Waals surface area contributed by atoms with Gasteiger partial charge < -0.3 is 15.1 Å². The molecule has 1 aromatic heterocycles. The van der Waals surface area contributed by atoms with Crippen molar-refractivity contribution < 1.29 is 14.6 Å². The molecule has 2 aromatic rings. The lowest BCUT2D eigenvalue weighted by Crippen LogP contribution is -3.29. The van der Waals surface area contributed by atoms with E-state index in [1.807, 2.05) is 18.4 Å². The zero-order valence-corrected chi connectivity index (χ0v) is 16.4. The summed E-state index contributed by atoms with van der Waals surface area (Å²) < 4.78 is 0. The zero-order chi connectivity index (χ0) is 19.1. The Hall–Kier alpha value is -2.46. The number of quaternary nitrogens is 2. The minimum Gasteiger partial charge on any atom is -0.322 e. The van der Waals surface area contributed by atoms with Crippen molar-refractivity contribution in [3.8, 4) is 6.07 Å². The van der Waals surface area contributed by atoms with Crippen molar-refractivity contribution >= 4 is 28.3 Å². The predicted molar refractivity (Wildman–Crippen MR) is 109 cm³/mol. The first kappa shape index (κ1) is 19.3. The van der Waals surface area contributed by atoms with Crippen LogP contribution in [0.3, 0.4) is 0 Å². The number of nitrogens with one attached hydrogen (secondary N) is 3. The fraction of sp³-hybridized carbons (Fsp3) is 0.333. The van der Waals surface area contributed by atoms with E-state index >= 15 is 0 Å². The molecule has 0 saturated carbocycles. The van der Waals surface area contributed by atoms with Crippen LogP contribution in [-0.2, 0) is 4.79 Å². The summed E-state index contributed by atoms with van der Waals surface area (Å²) in [6, 6.07) is 14.1. The first-order chi connectivity index (χ1) is 13.2. The second-order valence-electron chi connectivity index (χ2n) is 6.91. The normalized spacial score (nSPS) is 20.9. The second kappa shape index (κ2) is 9.47. The number of hydrogen-bond acceptors (Lipinski definition) is 3. The van der Waals surface area contributed by atoms with Crippen LogP contribution >= 0.6 is 11.3 Å². The highest BCUT2D eigenvalue weighted by molar-refractivity contribution is 7.14. The van der Waals surface area contributed by atoms with Gasteiger partial charge in [-0.25, -0.2) is 0 Å². The Labute approximate surface area is 164 Å². The SMILES string of the molecule is C[C@H](C(=O)Nc1sccc1C#N)[NH+]1CC[NH+](C/C=C/c2ccccc2)CC1. The minimum atomic E-state index is -0.111. The van der Waals surface area contributed by atoms with E-state index in [0.717, 1.165) is 32.7 Å². The Morgan fingerprint density at radius 3 is 2.70 bits per heavy atom. The number of nitriles is 1. The van der Waals surface area contributed by atoms with Gasteiger partial charge in [0.25, 0.3) is 5.91 Å². The molecule has 1 amide bonds. The Kier molecular flexibility index (Phi) is 6.77. The molecule has 1 aliphatic rings. The number of carbonyl (C=O) groups excluding carboxylic acids is 1. The van der Waals surface area contributed by atoms with Crippen molar-refractivity contribution in [2.75, 3.05) is 38.0 Å². The van der Waals surface area contributed by atoms with Crippen LogP contribution in [-0.4, -0.2) is 44.7 Å². The van der Waals surface area contributed by atoms with Gasteiger partial charge in [0.05, 0.1) is 12.1 Å². The van der Waals surface area contributed by atoms with Crippen LogP contribution in [0, 0.1) is 11.3 Å². The maximum Gasteiger partial charge on any atom is 0.283 e. The van der Waals surface area contributed by atoms with Gasteiger partial charge in [0.2, 0.25) is 0 Å². The maximum absolute atomic E-state index is 12.5. The Morgan fingerprint density at radius 1 is 1.26 bits per heavy atom. The molecule has 1 fully saturated rings. The maximum atomic E-state index is 12.5. The van der Waals surface area contributed by atoms with E-state index in [0.29, 0.717) is 10.6 Å². The first-order valence-electron chi connectivity index (χ1n) is 9.35. The first-order valence-corrected chi connectivity index (χ1v) is 10.2. The van der Waals surface area contributed by atoms with Crippen LogP contribution < -0.4 is 15.1 Å². The van der Waals surface area contributed by atoms with Gasteiger partial charge in [-0.3, -0.25) is 4.79 Å². The molecule has 3 N–H and O–H groups in total. The van der Waals surface area contributed by atoms with E-state index in [2.05, 4.69) is 47.8 Å². The quantitative estimate of drug-likeness (QED) is 0.679. The summed E-state index contributed by atoms with van der Waals surface area (Å²) in [7, 11) is 0. The number of benzene rings is 1. The third-order valence-corrected chi connectivity index (χ3v) is 5.97. The number of amides is 1. The van der Waals surface area contributed by atoms with E-state index in [9.17, 15) is 4.79 Å². The summed E-state index contributed by atoms with van der Waals surface area (Å²) in [5.41, 5.74) is 1.77. The lowest BCUT2D eigenvalue weighted by Gasteiger charge is -2.32. The van der Waals surface area contributed by atoms with Crippen molar-refractivity contribution in [2.45, 2.75) is 13.0 Å². The summed E-state index contributed by atoms with van der Waals surface area (Å²) in [5, 5.41) is 14.5. The Morgan fingerprint density at radius 2 is 2.00 bits per heavy atom. The van der Waals surface area contributed by atoms with Gasteiger partial charge in [-0.05, 0) is 30.0 Å². The molecule has 27 heavy (non-hydrogen) atoms. The lowest BCUT2D eigenvalue weighted by atomic mass is 10.2. The molecule has 3 rings (SSSR count). The Balaban J connectivity index is 1.45. The van der Waals surface area contributed by atoms with Crippen molar-refractivity contribution in [1.82, 2.24) is 0 Å². The van der Waals surface area contributed by atoms with Crippen molar-refractivity contribution in [1.29, 1.82) is 5.26 Å². The molecule has 1 aromatic carbocycles. The fourth-order valence-corrected chi connectivity index (χ4v) is 4.13. The number of anilines is 1. The molecule has 1 saturated heterocycles. The Bertz CT molecular complexity index is 816. The van der Waals surface area contributed by atoms with Crippen molar-refractivity contribution in [2.24, 2.45) is 0 Å². The molecular weight excluding hydrogens is 356 g/mol. The number of piperazine rings is 1. The molecule has 1 atom stereocenters. The van der Waals surface area contributed by atoms with Gasteiger partial charge in [0.1, 0.15) is 37.2 Å². The second-order valence-corrected chi connectivity index (χ2v) is 7.83. The highest BCUT2D eigenvalue weighted by Gasteiger charge is 2.31. The third-order valence-electron chi connectivity index (χ3n) is 5.14. The van der Waals surface area contributed by atoms with Crippen molar-refractivity contribution in [3.63, 3.8) is 0 Å². The molecule has 6 heteroatoms. The predicted octanol–water partition coefficient (Wildman–Crippen LogP) is 0.444. The van der Waals surface area contributed by atoms with Gasteiger partial charge in [-0.2, -0.15) is 5.26 Å². The summed E-state index contributed by atoms with van der Waals surface area (Å²) in [6.07, 6.45) is 4.42. The van der Waals surface area contributed by atoms with Gasteiger partial charge in [0.15, 0.2) is 6.04 Å². The summed E-state index contributed by atoms with van der Waals surface area (Å²) in [4.78, 5) is 15.4. The monoisotopic (exact) mass is 382 g/mol. The smallest absolute Gasteiger partial charge is 0.283 e. The average molecular weight is 383 g/mol. The van der Waals surface area contributed by atoms with E-state index in [-0.39, 0.29) is 11.9 Å². The molecule has 0 spiro atoms. The van der Waals surface area contributed by atoms with Crippen LogP contribution in [0.25, 0.3) is 6.08 Å². The van der Waals surface area contributed by atoms with Gasteiger partial charge in [-0.1, -0.05) is 36.4 Å². The number of thiophene rings is 1. The lowest BCUT2D eigenvalue weighted by molar-refractivity contribution is -1.02. The highest BCUT2D eigenvalue weighted by Crippen LogP contribution is 2.21. The molecule has 140 valence electrons. The highest BCUT2D eigenvalue weighted by atomic mass is 32.1. The largest absolute Gasteiger partial charge is 0.322 e. The van der Waals surface area contributed by atoms with Crippen molar-refractivity contribution in [3.05, 3.63) is 59.0 Å². The van der Waals surface area contributed by atoms with Crippen LogP contribution in [0.15, 0.2) is 47.9 Å². The summed E-state index contributed by atoms with van der Waals surface area (Å²) in [5.74, 6) is -0.00336. The molecule has 0 aliphatic carbocycles. The number of hydrogen-bond donors (Lipinski definition) is 3. The van der Waals surface area contributed by atoms with Crippen LogP contribution in [0.1, 0.15) is 18.1 Å². The number of nitrogens with zero attached hydrogens (tertiary/aromatic N) is 1. The zero-order valence-electron chi connectivity index (χ0n) is 15.6. The molecule has 0 unspecified atom stereocenters. The van der Waals surface area contributed by atoms with Gasteiger partial charge >= 0.3 is 0 Å². The topological polar surface area (TPSA) is 61.8 Å². The van der Waals surface area contributed by atoms with Crippen LogP contribution in [0.2, 0.25) is 0 Å². The van der Waals surface area contributed by atoms with Crippen LogP contribution in [0.5, 0.6) is 0 Å². The summed E-state index contributed by atoms with van der Waals surface area (Å²) in [6.45, 7) is 7.09. The molecule has 5 nitrogen and oxygen atoms in total. The number of carbonyl (C=O) groups is 1. The minimum absolute atomic E-state index is 0.00336. The van der Waals surface area contributed by atoms with E-state index in [1.54, 1.807) is 11.0 Å². The van der Waals surface area contributed by atoms with Gasteiger partial charge in [-0.15, -0.1) is 11.3 Å².